The van der Waals surface area contributed by atoms with Crippen LogP contribution in [0.4, 0.5) is 0 Å². The van der Waals surface area contributed by atoms with Crippen molar-refractivity contribution in [1.29, 1.82) is 0 Å². The van der Waals surface area contributed by atoms with Crippen LogP contribution >= 0.6 is 0 Å². The number of nitrogens with zero attached hydrogens (tertiary/aromatic N) is 4. The lowest BCUT2D eigenvalue weighted by molar-refractivity contribution is 0.575. The van der Waals surface area contributed by atoms with Crippen LogP contribution in [0.3, 0.4) is 0 Å². The Hall–Kier alpha value is -1.49. The monoisotopic (exact) mass is 191 g/mol. The van der Waals surface area contributed by atoms with E-state index in [9.17, 15) is 0 Å². The Bertz CT molecular complexity index is 433. The van der Waals surface area contributed by atoms with Gasteiger partial charge >= 0.3 is 0 Å². The molecule has 0 saturated heterocycles. The van der Waals surface area contributed by atoms with Gasteiger partial charge in [0.05, 0.1) is 0 Å². The summed E-state index contributed by atoms with van der Waals surface area (Å²) in [6.07, 6.45) is 3.41. The van der Waals surface area contributed by atoms with E-state index in [0.29, 0.717) is 0 Å². The maximum atomic E-state index is 5.82. The fourth-order valence-electron chi connectivity index (χ4n) is 1.31. The third kappa shape index (κ3) is 1.35. The molecule has 2 aromatic rings. The summed E-state index contributed by atoms with van der Waals surface area (Å²) in [7, 11) is 0. The van der Waals surface area contributed by atoms with Crippen molar-refractivity contribution in [2.24, 2.45) is 5.73 Å². The second kappa shape index (κ2) is 3.34. The zero-order valence-corrected chi connectivity index (χ0v) is 8.25. The van der Waals surface area contributed by atoms with E-state index in [1.165, 1.54) is 0 Å². The summed E-state index contributed by atoms with van der Waals surface area (Å²) in [6.45, 7) is 4.00. The van der Waals surface area contributed by atoms with Crippen molar-refractivity contribution < 1.29 is 0 Å². The molecule has 74 valence electrons. The average molecular weight is 191 g/mol. The molecule has 2 rings (SSSR count). The molecule has 2 N–H and O–H groups in total. The van der Waals surface area contributed by atoms with Gasteiger partial charge in [0.15, 0.2) is 5.65 Å². The minimum atomic E-state index is 0.0580. The Morgan fingerprint density at radius 1 is 1.36 bits per heavy atom. The first-order valence-electron chi connectivity index (χ1n) is 4.60. The van der Waals surface area contributed by atoms with Crippen molar-refractivity contribution in [3.8, 4) is 0 Å². The molecule has 0 radical (unpaired) electrons. The third-order valence-corrected chi connectivity index (χ3v) is 2.44. The highest BCUT2D eigenvalue weighted by molar-refractivity contribution is 5.35. The van der Waals surface area contributed by atoms with Crippen LogP contribution < -0.4 is 5.73 Å². The lowest BCUT2D eigenvalue weighted by atomic mass is 10.0. The summed E-state index contributed by atoms with van der Waals surface area (Å²) in [4.78, 5) is 4.03. The van der Waals surface area contributed by atoms with Gasteiger partial charge < -0.3 is 5.73 Å². The first-order chi connectivity index (χ1) is 6.70. The molecule has 0 spiro atoms. The Morgan fingerprint density at radius 3 is 2.86 bits per heavy atom. The van der Waals surface area contributed by atoms with E-state index in [1.54, 1.807) is 12.5 Å². The first-order valence-corrected chi connectivity index (χ1v) is 4.60. The first kappa shape index (κ1) is 9.08. The number of hydrogen-bond acceptors (Lipinski definition) is 4. The smallest absolute Gasteiger partial charge is 0.163 e. The fourth-order valence-corrected chi connectivity index (χ4v) is 1.31. The molecule has 5 nitrogen and oxygen atoms in total. The van der Waals surface area contributed by atoms with Gasteiger partial charge in [0.1, 0.15) is 12.2 Å². The molecule has 2 atom stereocenters. The number of hydrogen-bond donors (Lipinski definition) is 1. The van der Waals surface area contributed by atoms with Crippen LogP contribution in [0.1, 0.15) is 25.6 Å². The van der Waals surface area contributed by atoms with E-state index in [0.717, 1.165) is 11.5 Å². The minimum absolute atomic E-state index is 0.0580. The number of nitrogens with two attached hydrogens (primary N) is 1. The van der Waals surface area contributed by atoms with Gasteiger partial charge in [0, 0.05) is 24.2 Å². The van der Waals surface area contributed by atoms with Gasteiger partial charge in [-0.05, 0) is 6.92 Å². The van der Waals surface area contributed by atoms with E-state index in [2.05, 4.69) is 15.2 Å². The zero-order chi connectivity index (χ0) is 10.1. The molecule has 0 saturated carbocycles. The maximum Gasteiger partial charge on any atom is 0.163 e. The Balaban J connectivity index is 2.53. The van der Waals surface area contributed by atoms with Crippen LogP contribution in [0.5, 0.6) is 0 Å². The van der Waals surface area contributed by atoms with Gasteiger partial charge in [-0.3, -0.25) is 4.40 Å². The molecule has 0 fully saturated rings. The largest absolute Gasteiger partial charge is 0.327 e. The molecule has 5 heteroatoms. The summed E-state index contributed by atoms with van der Waals surface area (Å²) in [5.74, 6) is 1.04. The fraction of sp³-hybridized carbons (Fsp3) is 0.444. The highest BCUT2D eigenvalue weighted by atomic mass is 15.3. The second-order valence-corrected chi connectivity index (χ2v) is 3.51. The summed E-state index contributed by atoms with van der Waals surface area (Å²) in [5, 5.41) is 8.15. The average Bonchev–Trinajstić information content (AvgIpc) is 2.60. The molecule has 0 aromatic carbocycles. The van der Waals surface area contributed by atoms with Crippen molar-refractivity contribution in [3.63, 3.8) is 0 Å². The summed E-state index contributed by atoms with van der Waals surface area (Å²) in [5.41, 5.74) is 6.62. The molecule has 2 heterocycles. The van der Waals surface area contributed by atoms with Gasteiger partial charge in [-0.15, -0.1) is 10.2 Å². The van der Waals surface area contributed by atoms with Gasteiger partial charge in [-0.25, -0.2) is 4.98 Å². The summed E-state index contributed by atoms with van der Waals surface area (Å²) >= 11 is 0. The van der Waals surface area contributed by atoms with E-state index in [-0.39, 0.29) is 12.0 Å². The number of rotatable bonds is 2. The Labute approximate surface area is 82.0 Å². The van der Waals surface area contributed by atoms with E-state index < -0.39 is 0 Å². The van der Waals surface area contributed by atoms with Gasteiger partial charge in [-0.2, -0.15) is 0 Å². The maximum absolute atomic E-state index is 5.82. The lowest BCUT2D eigenvalue weighted by Gasteiger charge is -2.12. The van der Waals surface area contributed by atoms with Crippen molar-refractivity contribution in [3.05, 3.63) is 24.4 Å². The Kier molecular flexibility index (Phi) is 2.17. The molecule has 0 bridgehead atoms. The highest BCUT2D eigenvalue weighted by Crippen LogP contribution is 2.15. The Morgan fingerprint density at radius 2 is 2.14 bits per heavy atom. The van der Waals surface area contributed by atoms with Crippen LogP contribution in [0.15, 0.2) is 18.6 Å². The second-order valence-electron chi connectivity index (χ2n) is 3.51. The minimum Gasteiger partial charge on any atom is -0.327 e. The van der Waals surface area contributed by atoms with Crippen molar-refractivity contribution in [2.75, 3.05) is 0 Å². The van der Waals surface area contributed by atoms with E-state index in [4.69, 9.17) is 5.73 Å². The van der Waals surface area contributed by atoms with Crippen LogP contribution in [-0.4, -0.2) is 25.6 Å². The molecule has 2 unspecified atom stereocenters. The lowest BCUT2D eigenvalue weighted by Crippen LogP contribution is -2.24. The van der Waals surface area contributed by atoms with Crippen molar-refractivity contribution in [1.82, 2.24) is 19.6 Å². The van der Waals surface area contributed by atoms with Crippen molar-refractivity contribution in [2.45, 2.75) is 25.8 Å². The van der Waals surface area contributed by atoms with E-state index in [1.807, 2.05) is 24.3 Å². The molecule has 0 aliphatic rings. The van der Waals surface area contributed by atoms with Gasteiger partial charge in [-0.1, -0.05) is 6.92 Å². The molecule has 0 amide bonds. The van der Waals surface area contributed by atoms with Crippen LogP contribution in [0, 0.1) is 0 Å². The standard InChI is InChI=1S/C9H13N5/c1-6(7(2)10)9-13-12-8-3-4-11-5-14(8)9/h3-7H,10H2,1-2H3. The number of fused-ring (bicyclic) bond motifs is 1. The molecule has 2 aromatic heterocycles. The summed E-state index contributed by atoms with van der Waals surface area (Å²) in [6, 6.07) is 1.88. The molecule has 14 heavy (non-hydrogen) atoms. The predicted molar refractivity (Wildman–Crippen MR) is 52.8 cm³/mol. The normalized spacial score (nSPS) is 15.6. The third-order valence-electron chi connectivity index (χ3n) is 2.44. The molecule has 0 aliphatic carbocycles. The zero-order valence-electron chi connectivity index (χ0n) is 8.25. The molecule has 0 aliphatic heterocycles. The number of aromatic nitrogens is 4. The topological polar surface area (TPSA) is 69.1 Å². The van der Waals surface area contributed by atoms with Crippen LogP contribution in [-0.2, 0) is 0 Å². The SMILES string of the molecule is CC(N)C(C)c1nnc2ccncn12. The molecular formula is C9H13N5. The van der Waals surface area contributed by atoms with Gasteiger partial charge in [0.2, 0.25) is 0 Å². The van der Waals surface area contributed by atoms with Gasteiger partial charge in [0.25, 0.3) is 0 Å². The molecular weight excluding hydrogens is 178 g/mol. The van der Waals surface area contributed by atoms with Crippen LogP contribution in [0.2, 0.25) is 0 Å². The summed E-state index contributed by atoms with van der Waals surface area (Å²) < 4.78 is 1.87. The van der Waals surface area contributed by atoms with Crippen LogP contribution in [0.25, 0.3) is 5.65 Å². The quantitative estimate of drug-likeness (QED) is 0.753. The predicted octanol–water partition coefficient (Wildman–Crippen LogP) is 0.575. The van der Waals surface area contributed by atoms with E-state index >= 15 is 0 Å². The van der Waals surface area contributed by atoms with Crippen molar-refractivity contribution >= 4 is 5.65 Å². The highest BCUT2D eigenvalue weighted by Gasteiger charge is 2.16.